The molecule has 19 heavy (non-hydrogen) atoms. The fourth-order valence-electron chi connectivity index (χ4n) is 2.18. The van der Waals surface area contributed by atoms with E-state index in [0.29, 0.717) is 5.92 Å². The minimum Gasteiger partial charge on any atom is -0.329 e. The minimum atomic E-state index is 0.557. The van der Waals surface area contributed by atoms with Crippen molar-refractivity contribution in [2.75, 3.05) is 11.9 Å². The van der Waals surface area contributed by atoms with Crippen molar-refractivity contribution >= 4 is 27.4 Å². The number of aryl methyl sites for hydroxylation is 1. The van der Waals surface area contributed by atoms with Gasteiger partial charge in [-0.05, 0) is 47.3 Å². The van der Waals surface area contributed by atoms with E-state index < -0.39 is 0 Å². The van der Waals surface area contributed by atoms with Gasteiger partial charge in [-0.15, -0.1) is 0 Å². The zero-order chi connectivity index (χ0) is 13.4. The Balaban J connectivity index is 1.99. The Morgan fingerprint density at radius 1 is 1.21 bits per heavy atom. The Hall–Kier alpha value is -1.42. The summed E-state index contributed by atoms with van der Waals surface area (Å²) in [5, 5.41) is 0. The second-order valence-corrected chi connectivity index (χ2v) is 5.84. The molecule has 1 aromatic carbocycles. The molecule has 98 valence electrons. The standard InChI is InChI=1S/C15H16BrN3/c1-10-5-3-4-6-12(10)19(2)14-9-13(16)17-15(18-14)11-7-8-11/h3-6,9,11H,7-8H2,1-2H3. The van der Waals surface area contributed by atoms with E-state index in [-0.39, 0.29) is 0 Å². The normalized spacial score (nSPS) is 14.5. The number of aromatic nitrogens is 2. The molecule has 0 spiro atoms. The maximum absolute atomic E-state index is 4.70. The van der Waals surface area contributed by atoms with Crippen LogP contribution in [0.25, 0.3) is 0 Å². The number of benzene rings is 1. The van der Waals surface area contributed by atoms with E-state index in [0.717, 1.165) is 16.2 Å². The van der Waals surface area contributed by atoms with Crippen LogP contribution >= 0.6 is 15.9 Å². The largest absolute Gasteiger partial charge is 0.329 e. The van der Waals surface area contributed by atoms with Crippen LogP contribution in [-0.4, -0.2) is 17.0 Å². The van der Waals surface area contributed by atoms with Gasteiger partial charge in [0.05, 0.1) is 0 Å². The molecule has 3 nitrogen and oxygen atoms in total. The van der Waals surface area contributed by atoms with Gasteiger partial charge >= 0.3 is 0 Å². The fourth-order valence-corrected chi connectivity index (χ4v) is 2.57. The van der Waals surface area contributed by atoms with Gasteiger partial charge in [-0.2, -0.15) is 0 Å². The van der Waals surface area contributed by atoms with Crippen LogP contribution in [0.2, 0.25) is 0 Å². The molecule has 0 saturated heterocycles. The Morgan fingerprint density at radius 2 is 1.95 bits per heavy atom. The van der Waals surface area contributed by atoms with Gasteiger partial charge in [-0.25, -0.2) is 9.97 Å². The number of hydrogen-bond donors (Lipinski definition) is 0. The summed E-state index contributed by atoms with van der Waals surface area (Å²) in [4.78, 5) is 11.3. The molecule has 1 fully saturated rings. The van der Waals surface area contributed by atoms with E-state index in [9.17, 15) is 0 Å². The first-order valence-electron chi connectivity index (χ1n) is 6.49. The summed E-state index contributed by atoms with van der Waals surface area (Å²) in [7, 11) is 2.05. The smallest absolute Gasteiger partial charge is 0.137 e. The highest BCUT2D eigenvalue weighted by Crippen LogP contribution is 2.39. The Labute approximate surface area is 121 Å². The van der Waals surface area contributed by atoms with E-state index >= 15 is 0 Å². The zero-order valence-electron chi connectivity index (χ0n) is 11.1. The number of hydrogen-bond acceptors (Lipinski definition) is 3. The van der Waals surface area contributed by atoms with Crippen molar-refractivity contribution in [3.05, 3.63) is 46.3 Å². The molecule has 0 aliphatic heterocycles. The van der Waals surface area contributed by atoms with Gasteiger partial charge in [0.2, 0.25) is 0 Å². The van der Waals surface area contributed by atoms with Crippen LogP contribution in [-0.2, 0) is 0 Å². The number of nitrogens with zero attached hydrogens (tertiary/aromatic N) is 3. The van der Waals surface area contributed by atoms with E-state index in [1.807, 2.05) is 13.1 Å². The van der Waals surface area contributed by atoms with E-state index in [1.54, 1.807) is 0 Å². The van der Waals surface area contributed by atoms with Crippen LogP contribution in [0.4, 0.5) is 11.5 Å². The summed E-state index contributed by atoms with van der Waals surface area (Å²) < 4.78 is 0.861. The van der Waals surface area contributed by atoms with Gasteiger partial charge in [0.1, 0.15) is 16.2 Å². The molecule has 0 bridgehead atoms. The van der Waals surface area contributed by atoms with Crippen molar-refractivity contribution in [2.45, 2.75) is 25.7 Å². The second-order valence-electron chi connectivity index (χ2n) is 5.03. The van der Waals surface area contributed by atoms with E-state index in [1.165, 1.54) is 24.1 Å². The van der Waals surface area contributed by atoms with Crippen LogP contribution in [0.3, 0.4) is 0 Å². The molecule has 4 heteroatoms. The Bertz CT molecular complexity index is 608. The third-order valence-corrected chi connectivity index (χ3v) is 3.87. The van der Waals surface area contributed by atoms with Gasteiger partial charge in [-0.1, -0.05) is 18.2 Å². The van der Waals surface area contributed by atoms with Crippen LogP contribution in [0.15, 0.2) is 34.9 Å². The van der Waals surface area contributed by atoms with Crippen molar-refractivity contribution in [3.63, 3.8) is 0 Å². The molecular weight excluding hydrogens is 302 g/mol. The zero-order valence-corrected chi connectivity index (χ0v) is 12.7. The lowest BCUT2D eigenvalue weighted by atomic mass is 10.2. The fraction of sp³-hybridized carbons (Fsp3) is 0.333. The van der Waals surface area contributed by atoms with Gasteiger partial charge in [0, 0.05) is 24.7 Å². The third-order valence-electron chi connectivity index (χ3n) is 3.46. The van der Waals surface area contributed by atoms with Crippen molar-refractivity contribution in [3.8, 4) is 0 Å². The molecule has 0 unspecified atom stereocenters. The van der Waals surface area contributed by atoms with Crippen LogP contribution in [0, 0.1) is 6.92 Å². The molecule has 1 aliphatic carbocycles. The highest BCUT2D eigenvalue weighted by molar-refractivity contribution is 9.10. The lowest BCUT2D eigenvalue weighted by molar-refractivity contribution is 0.903. The predicted octanol–water partition coefficient (Wildman–Crippen LogP) is 4.19. The molecule has 0 amide bonds. The molecule has 1 aromatic heterocycles. The number of anilines is 2. The maximum atomic E-state index is 4.70. The van der Waals surface area contributed by atoms with Crippen molar-refractivity contribution in [1.82, 2.24) is 9.97 Å². The Kier molecular flexibility index (Phi) is 3.27. The first kappa shape index (κ1) is 12.6. The van der Waals surface area contributed by atoms with Gasteiger partial charge < -0.3 is 4.90 Å². The highest BCUT2D eigenvalue weighted by atomic mass is 79.9. The minimum absolute atomic E-state index is 0.557. The van der Waals surface area contributed by atoms with E-state index in [4.69, 9.17) is 4.98 Å². The van der Waals surface area contributed by atoms with Crippen LogP contribution in [0.1, 0.15) is 30.1 Å². The molecule has 0 N–H and O–H groups in total. The van der Waals surface area contributed by atoms with Crippen molar-refractivity contribution in [1.29, 1.82) is 0 Å². The summed E-state index contributed by atoms with van der Waals surface area (Å²) >= 11 is 3.49. The molecule has 0 atom stereocenters. The molecule has 0 radical (unpaired) electrons. The topological polar surface area (TPSA) is 29.0 Å². The Morgan fingerprint density at radius 3 is 2.63 bits per heavy atom. The first-order chi connectivity index (χ1) is 9.15. The lowest BCUT2D eigenvalue weighted by Gasteiger charge is -2.21. The van der Waals surface area contributed by atoms with Crippen LogP contribution < -0.4 is 4.90 Å². The lowest BCUT2D eigenvalue weighted by Crippen LogP contribution is -2.13. The van der Waals surface area contributed by atoms with Crippen molar-refractivity contribution in [2.24, 2.45) is 0 Å². The van der Waals surface area contributed by atoms with Gasteiger partial charge in [-0.3, -0.25) is 0 Å². The third kappa shape index (κ3) is 2.63. The number of rotatable bonds is 3. The summed E-state index contributed by atoms with van der Waals surface area (Å²) in [5.74, 6) is 2.46. The summed E-state index contributed by atoms with van der Waals surface area (Å²) in [6.45, 7) is 2.11. The van der Waals surface area contributed by atoms with Crippen molar-refractivity contribution < 1.29 is 0 Å². The number of para-hydroxylation sites is 1. The van der Waals surface area contributed by atoms with Gasteiger partial charge in [0.15, 0.2) is 0 Å². The second kappa shape index (κ2) is 4.93. The average molecular weight is 318 g/mol. The highest BCUT2D eigenvalue weighted by Gasteiger charge is 2.27. The SMILES string of the molecule is Cc1ccccc1N(C)c1cc(Br)nc(C2CC2)n1. The average Bonchev–Trinajstić information content (AvgIpc) is 3.22. The monoisotopic (exact) mass is 317 g/mol. The van der Waals surface area contributed by atoms with E-state index in [2.05, 4.69) is 57.0 Å². The predicted molar refractivity (Wildman–Crippen MR) is 80.9 cm³/mol. The molecular formula is C15H16BrN3. The molecule has 1 saturated carbocycles. The summed E-state index contributed by atoms with van der Waals surface area (Å²) in [6.07, 6.45) is 2.42. The van der Waals surface area contributed by atoms with Gasteiger partial charge in [0.25, 0.3) is 0 Å². The molecule has 2 aromatic rings. The first-order valence-corrected chi connectivity index (χ1v) is 7.28. The van der Waals surface area contributed by atoms with Crippen LogP contribution in [0.5, 0.6) is 0 Å². The molecule has 1 aliphatic rings. The quantitative estimate of drug-likeness (QED) is 0.795. The molecule has 3 rings (SSSR count). The summed E-state index contributed by atoms with van der Waals surface area (Å²) in [6, 6.07) is 10.3. The summed E-state index contributed by atoms with van der Waals surface area (Å²) in [5.41, 5.74) is 2.42. The molecule has 1 heterocycles. The maximum Gasteiger partial charge on any atom is 0.137 e. The number of halogens is 1.